The number of nitrogens with zero attached hydrogens (tertiary/aromatic N) is 1. The molecule has 1 rings (SSSR count). The molecule has 0 aromatic carbocycles. The monoisotopic (exact) mass is 126 g/mol. The van der Waals surface area contributed by atoms with Crippen LogP contribution in [0.1, 0.15) is 26.7 Å². The Morgan fingerprint density at radius 3 is 3.00 bits per heavy atom. The van der Waals surface area contributed by atoms with Gasteiger partial charge in [-0.2, -0.15) is 0 Å². The Hall–Kier alpha value is -0.530. The topological polar surface area (TPSA) is 24.4 Å². The van der Waals surface area contributed by atoms with E-state index in [1.807, 2.05) is 6.34 Å². The summed E-state index contributed by atoms with van der Waals surface area (Å²) in [7, 11) is 0. The third-order valence-electron chi connectivity index (χ3n) is 1.76. The molecule has 1 unspecified atom stereocenters. The summed E-state index contributed by atoms with van der Waals surface area (Å²) in [5.41, 5.74) is 0. The molecule has 0 amide bonds. The zero-order valence-corrected chi connectivity index (χ0v) is 6.09. The van der Waals surface area contributed by atoms with Gasteiger partial charge in [-0.3, -0.25) is 4.99 Å². The second-order valence-corrected chi connectivity index (χ2v) is 2.63. The van der Waals surface area contributed by atoms with Crippen LogP contribution in [-0.2, 0) is 0 Å². The highest BCUT2D eigenvalue weighted by atomic mass is 15.0. The van der Waals surface area contributed by atoms with Gasteiger partial charge in [0.05, 0.1) is 12.4 Å². The Balaban J connectivity index is 2.38. The highest BCUT2D eigenvalue weighted by molar-refractivity contribution is 5.56. The van der Waals surface area contributed by atoms with Crippen molar-refractivity contribution in [1.29, 1.82) is 0 Å². The fourth-order valence-electron chi connectivity index (χ4n) is 1.10. The molecule has 2 nitrogen and oxygen atoms in total. The minimum absolute atomic E-state index is 0.524. The first kappa shape index (κ1) is 6.59. The zero-order valence-electron chi connectivity index (χ0n) is 6.09. The molecule has 0 fully saturated rings. The van der Waals surface area contributed by atoms with E-state index < -0.39 is 0 Å². The number of nitrogens with one attached hydrogen (secondary N) is 1. The van der Waals surface area contributed by atoms with E-state index in [4.69, 9.17) is 0 Å². The summed E-state index contributed by atoms with van der Waals surface area (Å²) in [5.74, 6) is 0. The summed E-state index contributed by atoms with van der Waals surface area (Å²) in [5, 5.41) is 3.21. The highest BCUT2D eigenvalue weighted by Crippen LogP contribution is 2.07. The van der Waals surface area contributed by atoms with Gasteiger partial charge in [0, 0.05) is 6.04 Å². The van der Waals surface area contributed by atoms with Crippen LogP contribution in [0.5, 0.6) is 0 Å². The van der Waals surface area contributed by atoms with Crippen molar-refractivity contribution in [2.75, 3.05) is 0 Å². The van der Waals surface area contributed by atoms with Gasteiger partial charge in [-0.15, -0.1) is 0 Å². The smallest absolute Gasteiger partial charge is 0.0829 e. The average molecular weight is 126 g/mol. The van der Waals surface area contributed by atoms with Crippen molar-refractivity contribution in [3.63, 3.8) is 0 Å². The fraction of sp³-hybridized carbons (Fsp3) is 0.857. The molecule has 52 valence electrons. The van der Waals surface area contributed by atoms with Crippen LogP contribution >= 0.6 is 0 Å². The van der Waals surface area contributed by atoms with Crippen molar-refractivity contribution in [3.05, 3.63) is 0 Å². The van der Waals surface area contributed by atoms with E-state index in [0.29, 0.717) is 12.1 Å². The van der Waals surface area contributed by atoms with Crippen molar-refractivity contribution < 1.29 is 0 Å². The molecule has 0 spiro atoms. The average Bonchev–Trinajstić information content (AvgIpc) is 1.88. The number of aliphatic imine (C=N–C) groups is 1. The standard InChI is InChI=1S/C7H14N2/c1-3-7-4-6(2)8-5-9-7/h5-7H,3-4H2,1-2H3,(H,8,9)/t6-,7?/m0/s1. The summed E-state index contributed by atoms with van der Waals surface area (Å²) in [6, 6.07) is 1.19. The van der Waals surface area contributed by atoms with Crippen LogP contribution in [0.25, 0.3) is 0 Å². The Morgan fingerprint density at radius 1 is 1.78 bits per heavy atom. The van der Waals surface area contributed by atoms with E-state index in [9.17, 15) is 0 Å². The van der Waals surface area contributed by atoms with E-state index in [-0.39, 0.29) is 0 Å². The van der Waals surface area contributed by atoms with Gasteiger partial charge in [-0.05, 0) is 19.8 Å². The van der Waals surface area contributed by atoms with E-state index in [2.05, 4.69) is 24.2 Å². The molecule has 1 aliphatic heterocycles. The maximum absolute atomic E-state index is 4.19. The summed E-state index contributed by atoms with van der Waals surface area (Å²) in [4.78, 5) is 4.19. The largest absolute Gasteiger partial charge is 0.374 e. The second-order valence-electron chi connectivity index (χ2n) is 2.63. The molecule has 0 bridgehead atoms. The van der Waals surface area contributed by atoms with Crippen molar-refractivity contribution in [2.24, 2.45) is 4.99 Å². The second kappa shape index (κ2) is 2.85. The first-order valence-electron chi connectivity index (χ1n) is 3.60. The van der Waals surface area contributed by atoms with Crippen LogP contribution in [-0.4, -0.2) is 18.4 Å². The molecular formula is C7H14N2. The highest BCUT2D eigenvalue weighted by Gasteiger charge is 2.11. The van der Waals surface area contributed by atoms with E-state index in [1.165, 1.54) is 12.8 Å². The molecule has 0 aromatic rings. The minimum Gasteiger partial charge on any atom is -0.374 e. The van der Waals surface area contributed by atoms with Crippen LogP contribution in [0.2, 0.25) is 0 Å². The third-order valence-corrected chi connectivity index (χ3v) is 1.76. The van der Waals surface area contributed by atoms with E-state index >= 15 is 0 Å². The Kier molecular flexibility index (Phi) is 2.09. The third kappa shape index (κ3) is 1.70. The molecule has 0 saturated carbocycles. The normalized spacial score (nSPS) is 34.0. The Morgan fingerprint density at radius 2 is 2.56 bits per heavy atom. The number of hydrogen-bond donors (Lipinski definition) is 1. The van der Waals surface area contributed by atoms with Gasteiger partial charge in [0.25, 0.3) is 0 Å². The van der Waals surface area contributed by atoms with Crippen LogP contribution in [0.3, 0.4) is 0 Å². The predicted octanol–water partition coefficient (Wildman–Crippen LogP) is 1.18. The zero-order chi connectivity index (χ0) is 6.69. The van der Waals surface area contributed by atoms with Gasteiger partial charge in [0.2, 0.25) is 0 Å². The maximum atomic E-state index is 4.19. The molecule has 0 aromatic heterocycles. The number of rotatable bonds is 1. The van der Waals surface area contributed by atoms with Crippen molar-refractivity contribution >= 4 is 6.34 Å². The lowest BCUT2D eigenvalue weighted by Gasteiger charge is -2.21. The van der Waals surface area contributed by atoms with Crippen LogP contribution < -0.4 is 5.32 Å². The maximum Gasteiger partial charge on any atom is 0.0829 e. The Bertz CT molecular complexity index is 109. The molecule has 1 heterocycles. The first-order valence-corrected chi connectivity index (χ1v) is 3.60. The van der Waals surface area contributed by atoms with Crippen LogP contribution in [0.4, 0.5) is 0 Å². The van der Waals surface area contributed by atoms with Crippen molar-refractivity contribution in [1.82, 2.24) is 5.32 Å². The minimum atomic E-state index is 0.524. The predicted molar refractivity (Wildman–Crippen MR) is 39.8 cm³/mol. The molecule has 0 aliphatic carbocycles. The molecule has 0 radical (unpaired) electrons. The first-order chi connectivity index (χ1) is 4.33. The van der Waals surface area contributed by atoms with Crippen LogP contribution in [0.15, 0.2) is 4.99 Å². The lowest BCUT2D eigenvalue weighted by atomic mass is 10.1. The van der Waals surface area contributed by atoms with Gasteiger partial charge < -0.3 is 5.32 Å². The summed E-state index contributed by atoms with van der Waals surface area (Å²) < 4.78 is 0. The molecule has 2 heteroatoms. The van der Waals surface area contributed by atoms with Gasteiger partial charge >= 0.3 is 0 Å². The van der Waals surface area contributed by atoms with Gasteiger partial charge in [-0.1, -0.05) is 6.92 Å². The van der Waals surface area contributed by atoms with Crippen molar-refractivity contribution in [3.8, 4) is 0 Å². The molecule has 1 N–H and O–H groups in total. The molecule has 9 heavy (non-hydrogen) atoms. The summed E-state index contributed by atoms with van der Waals surface area (Å²) in [6.07, 6.45) is 4.23. The molecular weight excluding hydrogens is 112 g/mol. The summed E-state index contributed by atoms with van der Waals surface area (Å²) >= 11 is 0. The van der Waals surface area contributed by atoms with E-state index in [0.717, 1.165) is 0 Å². The quantitative estimate of drug-likeness (QED) is 0.560. The summed E-state index contributed by atoms with van der Waals surface area (Å²) in [6.45, 7) is 4.35. The molecule has 2 atom stereocenters. The van der Waals surface area contributed by atoms with Crippen LogP contribution in [0, 0.1) is 0 Å². The lowest BCUT2D eigenvalue weighted by molar-refractivity contribution is 0.478. The van der Waals surface area contributed by atoms with E-state index in [1.54, 1.807) is 0 Å². The SMILES string of the molecule is CCC1C[C@H](C)N=CN1. The van der Waals surface area contributed by atoms with Gasteiger partial charge in [-0.25, -0.2) is 0 Å². The van der Waals surface area contributed by atoms with Gasteiger partial charge in [0.15, 0.2) is 0 Å². The Labute approximate surface area is 56.4 Å². The van der Waals surface area contributed by atoms with Crippen molar-refractivity contribution in [2.45, 2.75) is 38.8 Å². The van der Waals surface area contributed by atoms with Gasteiger partial charge in [0.1, 0.15) is 0 Å². The molecule has 0 saturated heterocycles. The molecule has 1 aliphatic rings. The number of hydrogen-bond acceptors (Lipinski definition) is 2. The lowest BCUT2D eigenvalue weighted by Crippen LogP contribution is -2.34. The fourth-order valence-corrected chi connectivity index (χ4v) is 1.10.